The average molecular weight is 346 g/mol. The van der Waals surface area contributed by atoms with Gasteiger partial charge in [0.15, 0.2) is 0 Å². The molecule has 0 aliphatic carbocycles. The van der Waals surface area contributed by atoms with Crippen molar-refractivity contribution >= 4 is 27.3 Å². The number of hydrogen-bond acceptors (Lipinski definition) is 6. The van der Waals surface area contributed by atoms with E-state index < -0.39 is 0 Å². The Morgan fingerprint density at radius 1 is 1.53 bits per heavy atom. The van der Waals surface area contributed by atoms with E-state index in [4.69, 9.17) is 4.52 Å². The minimum atomic E-state index is -0.288. The molecule has 0 saturated carbocycles. The number of thiophene rings is 1. The Morgan fingerprint density at radius 2 is 2.32 bits per heavy atom. The Kier molecular flexibility index (Phi) is 5.09. The molecule has 0 aromatic carbocycles. The maximum Gasteiger partial charge on any atom is 0.241 e. The van der Waals surface area contributed by atoms with Gasteiger partial charge in [-0.2, -0.15) is 4.98 Å². The summed E-state index contributed by atoms with van der Waals surface area (Å²) in [4.78, 5) is 7.40. The smallest absolute Gasteiger partial charge is 0.241 e. The number of nitrogens with zero attached hydrogens (tertiary/aromatic N) is 3. The summed E-state index contributed by atoms with van der Waals surface area (Å²) in [6.07, 6.45) is 0.444. The largest absolute Gasteiger partial charge is 0.393 e. The van der Waals surface area contributed by atoms with Crippen molar-refractivity contribution in [3.8, 4) is 10.7 Å². The first kappa shape index (κ1) is 14.6. The van der Waals surface area contributed by atoms with E-state index in [1.165, 1.54) is 0 Å². The highest BCUT2D eigenvalue weighted by molar-refractivity contribution is 9.11. The molecular formula is C12H16BrN3O2S. The van der Waals surface area contributed by atoms with Crippen molar-refractivity contribution < 1.29 is 9.63 Å². The number of halogens is 1. The van der Waals surface area contributed by atoms with Crippen LogP contribution in [0.25, 0.3) is 10.7 Å². The van der Waals surface area contributed by atoms with Gasteiger partial charge in [0.2, 0.25) is 11.7 Å². The molecule has 1 atom stereocenters. The maximum atomic E-state index is 9.24. The fourth-order valence-electron chi connectivity index (χ4n) is 1.57. The third kappa shape index (κ3) is 4.38. The molecule has 0 spiro atoms. The predicted molar refractivity (Wildman–Crippen MR) is 77.9 cm³/mol. The van der Waals surface area contributed by atoms with Crippen molar-refractivity contribution in [3.05, 3.63) is 21.8 Å². The average Bonchev–Trinajstić information content (AvgIpc) is 2.95. The van der Waals surface area contributed by atoms with Crippen LogP contribution in [0.15, 0.2) is 20.4 Å². The van der Waals surface area contributed by atoms with Crippen LogP contribution in [0.4, 0.5) is 0 Å². The third-order valence-electron chi connectivity index (χ3n) is 2.60. The lowest BCUT2D eigenvalue weighted by atomic mass is 10.3. The summed E-state index contributed by atoms with van der Waals surface area (Å²) >= 11 is 4.98. The SMILES string of the molecule is CC(O)CCN(C)Cc1nc(-c2ccc(Br)s2)no1. The minimum absolute atomic E-state index is 0.288. The first-order valence-corrected chi connectivity index (χ1v) is 7.60. The second-order valence-corrected chi connectivity index (χ2v) is 6.95. The fraction of sp³-hybridized carbons (Fsp3) is 0.500. The molecule has 0 aliphatic rings. The van der Waals surface area contributed by atoms with Crippen LogP contribution in [-0.4, -0.2) is 39.8 Å². The molecule has 2 aromatic heterocycles. The molecule has 7 heteroatoms. The van der Waals surface area contributed by atoms with Crippen molar-refractivity contribution in [2.24, 2.45) is 0 Å². The number of aliphatic hydroxyl groups excluding tert-OH is 1. The highest BCUT2D eigenvalue weighted by Crippen LogP contribution is 2.29. The molecule has 0 fully saturated rings. The standard InChI is InChI=1S/C12H16BrN3O2S/c1-8(17)5-6-16(2)7-11-14-12(15-18-11)9-3-4-10(13)19-9/h3-4,8,17H,5-7H2,1-2H3. The zero-order valence-electron chi connectivity index (χ0n) is 10.8. The molecule has 1 N–H and O–H groups in total. The van der Waals surface area contributed by atoms with Crippen LogP contribution in [0.1, 0.15) is 19.2 Å². The van der Waals surface area contributed by atoms with Gasteiger partial charge in [-0.25, -0.2) is 0 Å². The van der Waals surface area contributed by atoms with Crippen LogP contribution in [0, 0.1) is 0 Å². The summed E-state index contributed by atoms with van der Waals surface area (Å²) in [6.45, 7) is 3.17. The number of rotatable bonds is 6. The lowest BCUT2D eigenvalue weighted by Crippen LogP contribution is -2.22. The van der Waals surface area contributed by atoms with E-state index >= 15 is 0 Å². The molecule has 2 rings (SSSR count). The molecule has 2 heterocycles. The predicted octanol–water partition coefficient (Wildman–Crippen LogP) is 2.76. The highest BCUT2D eigenvalue weighted by Gasteiger charge is 2.12. The second kappa shape index (κ2) is 6.60. The summed E-state index contributed by atoms with van der Waals surface area (Å²) in [5.74, 6) is 1.21. The topological polar surface area (TPSA) is 62.4 Å². The molecule has 0 saturated heterocycles. The number of aliphatic hydroxyl groups is 1. The molecule has 5 nitrogen and oxygen atoms in total. The summed E-state index contributed by atoms with van der Waals surface area (Å²) < 4.78 is 6.28. The first-order chi connectivity index (χ1) is 9.04. The Balaban J connectivity index is 1.94. The van der Waals surface area contributed by atoms with Gasteiger partial charge >= 0.3 is 0 Å². The van der Waals surface area contributed by atoms with Crippen LogP contribution in [0.3, 0.4) is 0 Å². The van der Waals surface area contributed by atoms with E-state index in [2.05, 4.69) is 26.1 Å². The van der Waals surface area contributed by atoms with Gasteiger partial charge in [0, 0.05) is 6.54 Å². The normalized spacial score (nSPS) is 13.1. The molecule has 0 aliphatic heterocycles. The van der Waals surface area contributed by atoms with Gasteiger partial charge in [-0.05, 0) is 48.5 Å². The van der Waals surface area contributed by atoms with Crippen LogP contribution in [0.5, 0.6) is 0 Å². The quantitative estimate of drug-likeness (QED) is 0.872. The van der Waals surface area contributed by atoms with Crippen LogP contribution in [-0.2, 0) is 6.54 Å². The molecule has 104 valence electrons. The third-order valence-corrected chi connectivity index (χ3v) is 4.22. The lowest BCUT2D eigenvalue weighted by molar-refractivity contribution is 0.158. The van der Waals surface area contributed by atoms with Crippen molar-refractivity contribution in [3.63, 3.8) is 0 Å². The molecule has 0 radical (unpaired) electrons. The first-order valence-electron chi connectivity index (χ1n) is 5.99. The van der Waals surface area contributed by atoms with Gasteiger partial charge in [0.1, 0.15) is 0 Å². The Bertz CT molecular complexity index is 527. The van der Waals surface area contributed by atoms with E-state index in [1.54, 1.807) is 18.3 Å². The summed E-state index contributed by atoms with van der Waals surface area (Å²) in [7, 11) is 1.97. The molecule has 0 amide bonds. The van der Waals surface area contributed by atoms with Crippen molar-refractivity contribution in [1.82, 2.24) is 15.0 Å². The Morgan fingerprint density at radius 3 is 2.95 bits per heavy atom. The van der Waals surface area contributed by atoms with Gasteiger partial charge < -0.3 is 9.63 Å². The summed E-state index contributed by atoms with van der Waals surface area (Å²) in [5, 5.41) is 13.2. The zero-order chi connectivity index (χ0) is 13.8. The van der Waals surface area contributed by atoms with Crippen LogP contribution < -0.4 is 0 Å². The van der Waals surface area contributed by atoms with Crippen LogP contribution >= 0.6 is 27.3 Å². The summed E-state index contributed by atoms with van der Waals surface area (Å²) in [6, 6.07) is 3.92. The molecular weight excluding hydrogens is 330 g/mol. The van der Waals surface area contributed by atoms with Gasteiger partial charge in [0.05, 0.1) is 21.3 Å². The molecule has 2 aromatic rings. The maximum absolute atomic E-state index is 9.24. The number of hydrogen-bond donors (Lipinski definition) is 1. The molecule has 19 heavy (non-hydrogen) atoms. The Labute approximate surface area is 124 Å². The van der Waals surface area contributed by atoms with Gasteiger partial charge in [0.25, 0.3) is 0 Å². The number of aromatic nitrogens is 2. The molecule has 0 bridgehead atoms. The highest BCUT2D eigenvalue weighted by atomic mass is 79.9. The second-order valence-electron chi connectivity index (χ2n) is 4.49. The van der Waals surface area contributed by atoms with Crippen molar-refractivity contribution in [2.45, 2.75) is 26.0 Å². The van der Waals surface area contributed by atoms with Crippen molar-refractivity contribution in [1.29, 1.82) is 0 Å². The fourth-order valence-corrected chi connectivity index (χ4v) is 2.88. The van der Waals surface area contributed by atoms with Crippen LogP contribution in [0.2, 0.25) is 0 Å². The van der Waals surface area contributed by atoms with Crippen molar-refractivity contribution in [2.75, 3.05) is 13.6 Å². The van der Waals surface area contributed by atoms with E-state index in [0.29, 0.717) is 18.3 Å². The minimum Gasteiger partial charge on any atom is -0.393 e. The van der Waals surface area contributed by atoms with Gasteiger partial charge in [-0.1, -0.05) is 5.16 Å². The van der Waals surface area contributed by atoms with E-state index in [9.17, 15) is 5.11 Å². The van der Waals surface area contributed by atoms with E-state index in [0.717, 1.165) is 21.6 Å². The molecule has 1 unspecified atom stereocenters. The summed E-state index contributed by atoms with van der Waals surface area (Å²) in [5.41, 5.74) is 0. The van der Waals surface area contributed by atoms with E-state index in [1.807, 2.05) is 24.1 Å². The van der Waals surface area contributed by atoms with Gasteiger partial charge in [-0.3, -0.25) is 4.90 Å². The lowest BCUT2D eigenvalue weighted by Gasteiger charge is -2.14. The monoisotopic (exact) mass is 345 g/mol. The van der Waals surface area contributed by atoms with E-state index in [-0.39, 0.29) is 6.10 Å². The zero-order valence-corrected chi connectivity index (χ0v) is 13.2. The van der Waals surface area contributed by atoms with Gasteiger partial charge in [-0.15, -0.1) is 11.3 Å². The Hall–Kier alpha value is -0.760.